The van der Waals surface area contributed by atoms with Gasteiger partial charge >= 0.3 is 5.97 Å². The van der Waals surface area contributed by atoms with Crippen molar-refractivity contribution in [3.8, 4) is 0 Å². The Hall–Kier alpha value is -1.11. The maximum atomic E-state index is 12.0. The maximum absolute atomic E-state index is 12.0. The lowest BCUT2D eigenvalue weighted by Crippen LogP contribution is -2.75. The van der Waals surface area contributed by atoms with E-state index in [1.807, 2.05) is 0 Å². The molecule has 1 amide bonds. The van der Waals surface area contributed by atoms with E-state index in [9.17, 15) is 23.1 Å². The van der Waals surface area contributed by atoms with Crippen molar-refractivity contribution in [1.82, 2.24) is 4.31 Å². The zero-order valence-electron chi connectivity index (χ0n) is 9.93. The molecule has 2 fully saturated rings. The second kappa shape index (κ2) is 3.01. The van der Waals surface area contributed by atoms with Crippen LogP contribution in [0.1, 0.15) is 33.6 Å². The van der Waals surface area contributed by atoms with Crippen LogP contribution >= 0.6 is 0 Å². The van der Waals surface area contributed by atoms with E-state index < -0.39 is 32.2 Å². The van der Waals surface area contributed by atoms with Crippen molar-refractivity contribution < 1.29 is 23.1 Å². The molecule has 0 bridgehead atoms. The topological polar surface area (TPSA) is 91.8 Å². The van der Waals surface area contributed by atoms with Gasteiger partial charge in [0, 0.05) is 0 Å². The molecule has 0 aromatic rings. The lowest BCUT2D eigenvalue weighted by atomic mass is 9.94. The van der Waals surface area contributed by atoms with E-state index in [0.29, 0.717) is 17.1 Å². The van der Waals surface area contributed by atoms with Crippen LogP contribution in [0.25, 0.3) is 0 Å². The molecular weight excluding hydrogens is 246 g/mol. The van der Waals surface area contributed by atoms with Gasteiger partial charge in [-0.2, -0.15) is 0 Å². The van der Waals surface area contributed by atoms with E-state index in [1.54, 1.807) is 0 Å². The molecule has 1 saturated carbocycles. The van der Waals surface area contributed by atoms with Crippen LogP contribution < -0.4 is 0 Å². The summed E-state index contributed by atoms with van der Waals surface area (Å²) < 4.78 is 23.1. The number of carboxylic acid groups (broad SMARTS) is 1. The SMILES string of the molecule is CC(C(=O)O)(C1CC1)N1C(=O)C(C)(C)S1(=O)=O. The Morgan fingerprint density at radius 2 is 1.94 bits per heavy atom. The molecule has 6 nitrogen and oxygen atoms in total. The third-order valence-electron chi connectivity index (χ3n) is 3.81. The smallest absolute Gasteiger partial charge is 0.330 e. The van der Waals surface area contributed by atoms with E-state index in [0.717, 1.165) is 0 Å². The van der Waals surface area contributed by atoms with Gasteiger partial charge in [-0.3, -0.25) is 4.79 Å². The molecule has 1 unspecified atom stereocenters. The molecule has 0 aromatic carbocycles. The number of sulfonamides is 1. The van der Waals surface area contributed by atoms with Crippen LogP contribution in [0.4, 0.5) is 0 Å². The van der Waals surface area contributed by atoms with Gasteiger partial charge in [-0.05, 0) is 39.5 Å². The first-order valence-corrected chi connectivity index (χ1v) is 6.84. The summed E-state index contributed by atoms with van der Waals surface area (Å²) >= 11 is 0. The summed E-state index contributed by atoms with van der Waals surface area (Å²) in [5.74, 6) is -2.16. The van der Waals surface area contributed by atoms with Crippen LogP contribution in [0.2, 0.25) is 0 Å². The predicted octanol–water partition coefficient (Wildman–Crippen LogP) is 0.190. The Labute approximate surface area is 99.6 Å². The standard InChI is InChI=1S/C10H15NO5S/c1-9(2)7(12)11(17(9,15)16)10(3,8(13)14)6-4-5-6/h6H,4-5H2,1-3H3,(H,13,14). The zero-order chi connectivity index (χ0) is 13.2. The first kappa shape index (κ1) is 12.3. The summed E-state index contributed by atoms with van der Waals surface area (Å²) in [6, 6.07) is 0. The van der Waals surface area contributed by atoms with E-state index in [-0.39, 0.29) is 5.92 Å². The maximum Gasteiger partial charge on any atom is 0.330 e. The minimum Gasteiger partial charge on any atom is -0.479 e. The van der Waals surface area contributed by atoms with Crippen LogP contribution in [-0.4, -0.2) is 40.0 Å². The molecule has 17 heavy (non-hydrogen) atoms. The Kier molecular flexibility index (Phi) is 2.19. The Balaban J connectivity index is 2.48. The molecule has 7 heteroatoms. The Bertz CT molecular complexity index is 505. The summed E-state index contributed by atoms with van der Waals surface area (Å²) in [6.45, 7) is 3.92. The van der Waals surface area contributed by atoms with Gasteiger partial charge in [0.25, 0.3) is 15.9 Å². The predicted molar refractivity (Wildman–Crippen MR) is 58.6 cm³/mol. The largest absolute Gasteiger partial charge is 0.479 e. The molecule has 0 radical (unpaired) electrons. The lowest BCUT2D eigenvalue weighted by molar-refractivity contribution is -0.157. The zero-order valence-corrected chi connectivity index (χ0v) is 10.7. The first-order valence-electron chi connectivity index (χ1n) is 5.40. The number of carboxylic acids is 1. The monoisotopic (exact) mass is 261 g/mol. The van der Waals surface area contributed by atoms with Crippen LogP contribution in [0.15, 0.2) is 0 Å². The van der Waals surface area contributed by atoms with E-state index >= 15 is 0 Å². The highest BCUT2D eigenvalue weighted by Crippen LogP contribution is 2.50. The van der Waals surface area contributed by atoms with Crippen molar-refractivity contribution >= 4 is 21.9 Å². The van der Waals surface area contributed by atoms with Crippen molar-refractivity contribution in [3.05, 3.63) is 0 Å². The number of hydrogen-bond acceptors (Lipinski definition) is 4. The summed E-state index contributed by atoms with van der Waals surface area (Å²) in [4.78, 5) is 23.2. The third kappa shape index (κ3) is 1.23. The quantitative estimate of drug-likeness (QED) is 0.783. The highest BCUT2D eigenvalue weighted by Gasteiger charge is 2.70. The van der Waals surface area contributed by atoms with Gasteiger partial charge in [0.15, 0.2) is 10.3 Å². The van der Waals surface area contributed by atoms with E-state index in [1.165, 1.54) is 20.8 Å². The lowest BCUT2D eigenvalue weighted by Gasteiger charge is -2.50. The number of carbonyl (C=O) groups is 2. The van der Waals surface area contributed by atoms with Gasteiger partial charge in [0.2, 0.25) is 0 Å². The summed E-state index contributed by atoms with van der Waals surface area (Å²) in [5.41, 5.74) is -1.62. The van der Waals surface area contributed by atoms with Crippen molar-refractivity contribution in [3.63, 3.8) is 0 Å². The average molecular weight is 261 g/mol. The second-order valence-electron chi connectivity index (χ2n) is 5.31. The number of carbonyl (C=O) groups excluding carboxylic acids is 1. The molecule has 1 heterocycles. The molecule has 1 saturated heterocycles. The molecule has 0 aromatic heterocycles. The van der Waals surface area contributed by atoms with Gasteiger partial charge in [0.05, 0.1) is 0 Å². The number of nitrogens with zero attached hydrogens (tertiary/aromatic N) is 1. The first-order chi connectivity index (χ1) is 7.58. The molecule has 0 spiro atoms. The van der Waals surface area contributed by atoms with Crippen LogP contribution in [-0.2, 0) is 19.6 Å². The Morgan fingerprint density at radius 1 is 1.47 bits per heavy atom. The molecule has 96 valence electrons. The summed E-state index contributed by atoms with van der Waals surface area (Å²) in [5, 5.41) is 9.24. The van der Waals surface area contributed by atoms with Crippen LogP contribution in [0.5, 0.6) is 0 Å². The van der Waals surface area contributed by atoms with E-state index in [2.05, 4.69) is 0 Å². The van der Waals surface area contributed by atoms with Crippen molar-refractivity contribution in [1.29, 1.82) is 0 Å². The van der Waals surface area contributed by atoms with Gasteiger partial charge in [0.1, 0.15) is 0 Å². The van der Waals surface area contributed by atoms with Gasteiger partial charge in [-0.1, -0.05) is 0 Å². The minimum atomic E-state index is -3.85. The number of rotatable bonds is 3. The van der Waals surface area contributed by atoms with Crippen molar-refractivity contribution in [2.24, 2.45) is 5.92 Å². The highest BCUT2D eigenvalue weighted by molar-refractivity contribution is 7.94. The molecule has 1 atom stereocenters. The van der Waals surface area contributed by atoms with Gasteiger partial charge < -0.3 is 5.11 Å². The minimum absolute atomic E-state index is 0.269. The highest BCUT2D eigenvalue weighted by atomic mass is 32.2. The average Bonchev–Trinajstić information content (AvgIpc) is 2.99. The van der Waals surface area contributed by atoms with E-state index in [4.69, 9.17) is 0 Å². The fourth-order valence-corrected chi connectivity index (χ4v) is 4.00. The molecule has 1 N–H and O–H groups in total. The van der Waals surface area contributed by atoms with Crippen molar-refractivity contribution in [2.75, 3.05) is 0 Å². The fraction of sp³-hybridized carbons (Fsp3) is 0.800. The molecule has 1 aliphatic carbocycles. The molecule has 2 aliphatic rings. The van der Waals surface area contributed by atoms with Gasteiger partial charge in [-0.15, -0.1) is 0 Å². The number of hydrogen-bond donors (Lipinski definition) is 1. The van der Waals surface area contributed by atoms with Crippen LogP contribution in [0, 0.1) is 5.92 Å². The molecule has 1 aliphatic heterocycles. The molecule has 2 rings (SSSR count). The number of amides is 1. The summed E-state index contributed by atoms with van der Waals surface area (Å²) in [6.07, 6.45) is 1.28. The Morgan fingerprint density at radius 3 is 2.24 bits per heavy atom. The second-order valence-corrected chi connectivity index (χ2v) is 7.65. The van der Waals surface area contributed by atoms with Crippen LogP contribution in [0.3, 0.4) is 0 Å². The third-order valence-corrected chi connectivity index (χ3v) is 6.30. The summed E-state index contributed by atoms with van der Waals surface area (Å²) in [7, 11) is -3.85. The van der Waals surface area contributed by atoms with Crippen molar-refractivity contribution in [2.45, 2.75) is 43.9 Å². The molecular formula is C10H15NO5S. The normalized spacial score (nSPS) is 29.4. The van der Waals surface area contributed by atoms with Gasteiger partial charge in [-0.25, -0.2) is 17.5 Å². The number of aliphatic carboxylic acids is 1. The fourth-order valence-electron chi connectivity index (χ4n) is 2.19.